The Balaban J connectivity index is 1.91. The van der Waals surface area contributed by atoms with Crippen LogP contribution < -0.4 is 5.32 Å². The topological polar surface area (TPSA) is 37.4 Å². The molecule has 1 fully saturated rings. The summed E-state index contributed by atoms with van der Waals surface area (Å²) in [6.07, 6.45) is 2.59. The third-order valence-corrected chi connectivity index (χ3v) is 4.74. The molecule has 1 aromatic heterocycles. The molecule has 0 aromatic carbocycles. The summed E-state index contributed by atoms with van der Waals surface area (Å²) in [5, 5.41) is 4.79. The summed E-state index contributed by atoms with van der Waals surface area (Å²) < 4.78 is 5.22. The Kier molecular flexibility index (Phi) is 5.76. The van der Waals surface area contributed by atoms with E-state index >= 15 is 0 Å². The zero-order chi connectivity index (χ0) is 13.7. The van der Waals surface area contributed by atoms with Gasteiger partial charge in [0, 0.05) is 31.1 Å². The van der Waals surface area contributed by atoms with Crippen LogP contribution in [-0.4, -0.2) is 49.3 Å². The number of thiazole rings is 1. The quantitative estimate of drug-likeness (QED) is 0.830. The first-order valence-electron chi connectivity index (χ1n) is 7.06. The van der Waals surface area contributed by atoms with Gasteiger partial charge in [-0.15, -0.1) is 11.3 Å². The Morgan fingerprint density at radius 1 is 1.47 bits per heavy atom. The highest BCUT2D eigenvalue weighted by molar-refractivity contribution is 7.11. The van der Waals surface area contributed by atoms with Crippen LogP contribution in [0.2, 0.25) is 0 Å². The van der Waals surface area contributed by atoms with Gasteiger partial charge in [-0.2, -0.15) is 0 Å². The molecule has 1 aliphatic rings. The van der Waals surface area contributed by atoms with E-state index in [4.69, 9.17) is 4.74 Å². The molecular weight excluding hydrogens is 258 g/mol. The Hall–Kier alpha value is -0.490. The first-order chi connectivity index (χ1) is 9.19. The molecule has 2 rings (SSSR count). The van der Waals surface area contributed by atoms with Gasteiger partial charge >= 0.3 is 0 Å². The zero-order valence-corrected chi connectivity index (χ0v) is 13.1. The van der Waals surface area contributed by atoms with Crippen LogP contribution in [0.5, 0.6) is 0 Å². The van der Waals surface area contributed by atoms with Crippen molar-refractivity contribution in [2.75, 3.05) is 33.4 Å². The van der Waals surface area contributed by atoms with Gasteiger partial charge in [-0.3, -0.25) is 4.90 Å². The van der Waals surface area contributed by atoms with E-state index in [1.54, 1.807) is 7.11 Å². The number of nitrogens with one attached hydrogen (secondary N) is 1. The molecule has 19 heavy (non-hydrogen) atoms. The molecule has 1 unspecified atom stereocenters. The molecule has 5 heteroatoms. The van der Waals surface area contributed by atoms with Crippen molar-refractivity contribution in [1.82, 2.24) is 15.2 Å². The maximum Gasteiger partial charge on any atom is 0.107 e. The second kappa shape index (κ2) is 7.33. The molecule has 1 aromatic rings. The first kappa shape index (κ1) is 14.9. The van der Waals surface area contributed by atoms with Crippen LogP contribution in [-0.2, 0) is 11.3 Å². The predicted octanol–water partition coefficient (Wildman–Crippen LogP) is 1.96. The Bertz CT molecular complexity index is 369. The average molecular weight is 283 g/mol. The number of nitrogens with zero attached hydrogens (tertiary/aromatic N) is 2. The van der Waals surface area contributed by atoms with Crippen LogP contribution in [0.3, 0.4) is 0 Å². The van der Waals surface area contributed by atoms with Crippen LogP contribution in [0.1, 0.15) is 28.4 Å². The SMILES string of the molecule is COCCN(Cc1nc(C)c(C)s1)CC1CCCN1. The molecule has 1 aliphatic heterocycles. The van der Waals surface area contributed by atoms with E-state index < -0.39 is 0 Å². The summed E-state index contributed by atoms with van der Waals surface area (Å²) in [5.74, 6) is 0. The van der Waals surface area contributed by atoms with Crippen molar-refractivity contribution in [3.63, 3.8) is 0 Å². The fourth-order valence-corrected chi connectivity index (χ4v) is 3.45. The van der Waals surface area contributed by atoms with Crippen LogP contribution >= 0.6 is 11.3 Å². The van der Waals surface area contributed by atoms with Crippen LogP contribution in [0, 0.1) is 13.8 Å². The fourth-order valence-electron chi connectivity index (χ4n) is 2.48. The van der Waals surface area contributed by atoms with E-state index in [9.17, 15) is 0 Å². The summed E-state index contributed by atoms with van der Waals surface area (Å²) in [5.41, 5.74) is 1.17. The average Bonchev–Trinajstić information content (AvgIpc) is 2.98. The van der Waals surface area contributed by atoms with Crippen LogP contribution in [0.15, 0.2) is 0 Å². The summed E-state index contributed by atoms with van der Waals surface area (Å²) in [7, 11) is 1.77. The molecule has 0 saturated carbocycles. The maximum absolute atomic E-state index is 5.22. The van der Waals surface area contributed by atoms with Crippen molar-refractivity contribution in [3.8, 4) is 0 Å². The molecule has 1 saturated heterocycles. The van der Waals surface area contributed by atoms with E-state index in [1.165, 1.54) is 28.4 Å². The summed E-state index contributed by atoms with van der Waals surface area (Å²) in [6, 6.07) is 0.638. The molecule has 0 aliphatic carbocycles. The molecule has 0 bridgehead atoms. The van der Waals surface area contributed by atoms with Gasteiger partial charge in [0.1, 0.15) is 5.01 Å². The van der Waals surface area contributed by atoms with E-state index in [0.717, 1.165) is 32.8 Å². The monoisotopic (exact) mass is 283 g/mol. The smallest absolute Gasteiger partial charge is 0.107 e. The van der Waals surface area contributed by atoms with Gasteiger partial charge in [0.15, 0.2) is 0 Å². The van der Waals surface area contributed by atoms with Gasteiger partial charge in [0.05, 0.1) is 18.8 Å². The van der Waals surface area contributed by atoms with Gasteiger partial charge in [-0.25, -0.2) is 4.98 Å². The van der Waals surface area contributed by atoms with Crippen molar-refractivity contribution in [2.45, 2.75) is 39.3 Å². The number of hydrogen-bond donors (Lipinski definition) is 1. The lowest BCUT2D eigenvalue weighted by atomic mass is 10.2. The molecule has 108 valence electrons. The summed E-state index contributed by atoms with van der Waals surface area (Å²) in [6.45, 7) is 9.21. The highest BCUT2D eigenvalue weighted by atomic mass is 32.1. The fraction of sp³-hybridized carbons (Fsp3) is 0.786. The highest BCUT2D eigenvalue weighted by Gasteiger charge is 2.19. The van der Waals surface area contributed by atoms with E-state index in [2.05, 4.69) is 29.0 Å². The number of aromatic nitrogens is 1. The zero-order valence-electron chi connectivity index (χ0n) is 12.2. The lowest BCUT2D eigenvalue weighted by Crippen LogP contribution is -2.38. The maximum atomic E-state index is 5.22. The lowest BCUT2D eigenvalue weighted by molar-refractivity contribution is 0.138. The Labute approximate surface area is 120 Å². The minimum absolute atomic E-state index is 0.638. The molecule has 0 spiro atoms. The van der Waals surface area contributed by atoms with E-state index in [-0.39, 0.29) is 0 Å². The van der Waals surface area contributed by atoms with Gasteiger partial charge in [0.25, 0.3) is 0 Å². The third kappa shape index (κ3) is 4.53. The van der Waals surface area contributed by atoms with E-state index in [1.807, 2.05) is 11.3 Å². The Morgan fingerprint density at radius 2 is 2.32 bits per heavy atom. The Morgan fingerprint density at radius 3 is 2.89 bits per heavy atom. The third-order valence-electron chi connectivity index (χ3n) is 3.68. The molecule has 0 amide bonds. The minimum Gasteiger partial charge on any atom is -0.383 e. The second-order valence-electron chi connectivity index (χ2n) is 5.27. The molecule has 1 atom stereocenters. The van der Waals surface area contributed by atoms with Crippen molar-refractivity contribution in [1.29, 1.82) is 0 Å². The minimum atomic E-state index is 0.638. The molecule has 2 heterocycles. The largest absolute Gasteiger partial charge is 0.383 e. The van der Waals surface area contributed by atoms with Gasteiger partial charge in [-0.05, 0) is 33.2 Å². The van der Waals surface area contributed by atoms with Gasteiger partial charge in [-0.1, -0.05) is 0 Å². The van der Waals surface area contributed by atoms with Crippen molar-refractivity contribution >= 4 is 11.3 Å². The standard InChI is InChI=1S/C14H25N3OS/c1-11-12(2)19-14(16-11)10-17(7-8-18-3)9-13-5-4-6-15-13/h13,15H,4-10H2,1-3H3. The van der Waals surface area contributed by atoms with Gasteiger partial charge in [0.2, 0.25) is 0 Å². The molecule has 4 nitrogen and oxygen atoms in total. The van der Waals surface area contributed by atoms with Crippen molar-refractivity contribution in [2.24, 2.45) is 0 Å². The molecule has 1 N–H and O–H groups in total. The predicted molar refractivity (Wildman–Crippen MR) is 79.8 cm³/mol. The summed E-state index contributed by atoms with van der Waals surface area (Å²) in [4.78, 5) is 8.44. The number of ether oxygens (including phenoxy) is 1. The van der Waals surface area contributed by atoms with Crippen LogP contribution in [0.4, 0.5) is 0 Å². The highest BCUT2D eigenvalue weighted by Crippen LogP contribution is 2.18. The van der Waals surface area contributed by atoms with Crippen LogP contribution in [0.25, 0.3) is 0 Å². The summed E-state index contributed by atoms with van der Waals surface area (Å²) >= 11 is 1.82. The number of rotatable bonds is 7. The van der Waals surface area contributed by atoms with Gasteiger partial charge < -0.3 is 10.1 Å². The number of hydrogen-bond acceptors (Lipinski definition) is 5. The normalized spacial score (nSPS) is 19.5. The second-order valence-corrected chi connectivity index (χ2v) is 6.56. The molecule has 0 radical (unpaired) electrons. The van der Waals surface area contributed by atoms with E-state index in [0.29, 0.717) is 6.04 Å². The van der Waals surface area contributed by atoms with Crippen molar-refractivity contribution in [3.05, 3.63) is 15.6 Å². The molecular formula is C14H25N3OS. The lowest BCUT2D eigenvalue weighted by Gasteiger charge is -2.24. The van der Waals surface area contributed by atoms with Crippen molar-refractivity contribution < 1.29 is 4.74 Å². The number of aryl methyl sites for hydroxylation is 2. The number of methoxy groups -OCH3 is 1. The first-order valence-corrected chi connectivity index (χ1v) is 7.88.